The van der Waals surface area contributed by atoms with E-state index in [1.807, 2.05) is 0 Å². The lowest BCUT2D eigenvalue weighted by molar-refractivity contribution is -0.202. The third kappa shape index (κ3) is 1.64. The summed E-state index contributed by atoms with van der Waals surface area (Å²) >= 11 is 0. The molecule has 4 nitrogen and oxygen atoms in total. The molecule has 0 saturated carbocycles. The minimum absolute atomic E-state index is 0.425. The number of carbonyl (C=O) groups excluding carboxylic acids is 2. The maximum atomic E-state index is 10.7. The van der Waals surface area contributed by atoms with Crippen LogP contribution in [-0.2, 0) is 19.1 Å². The van der Waals surface area contributed by atoms with Crippen molar-refractivity contribution in [3.63, 3.8) is 0 Å². The van der Waals surface area contributed by atoms with Crippen LogP contribution in [-0.4, -0.2) is 17.7 Å². The third-order valence-electron chi connectivity index (χ3n) is 1.56. The summed E-state index contributed by atoms with van der Waals surface area (Å²) in [7, 11) is 0. The minimum atomic E-state index is -1.15. The van der Waals surface area contributed by atoms with Crippen LogP contribution in [0.4, 0.5) is 0 Å². The van der Waals surface area contributed by atoms with Crippen LogP contribution in [0.5, 0.6) is 0 Å². The summed E-state index contributed by atoms with van der Waals surface area (Å²) in [4.78, 5) is 21.3. The predicted molar refractivity (Wildman–Crippen MR) is 40.0 cm³/mol. The summed E-state index contributed by atoms with van der Waals surface area (Å²) in [6.07, 6.45) is 3.14. The summed E-state index contributed by atoms with van der Waals surface area (Å²) in [6.45, 7) is 3.04. The van der Waals surface area contributed by atoms with Gasteiger partial charge >= 0.3 is 11.9 Å². The van der Waals surface area contributed by atoms with Gasteiger partial charge in [0.05, 0.1) is 0 Å². The highest BCUT2D eigenvalue weighted by Crippen LogP contribution is 2.25. The van der Waals surface area contributed by atoms with Crippen molar-refractivity contribution in [1.82, 2.24) is 0 Å². The summed E-state index contributed by atoms with van der Waals surface area (Å²) < 4.78 is 9.67. The second-order valence-corrected chi connectivity index (χ2v) is 2.51. The van der Waals surface area contributed by atoms with Gasteiger partial charge in [-0.05, 0) is 0 Å². The Morgan fingerprint density at radius 2 is 2.42 bits per heavy atom. The first-order valence-electron chi connectivity index (χ1n) is 3.70. The first-order valence-corrected chi connectivity index (χ1v) is 3.70. The second kappa shape index (κ2) is 2.97. The van der Waals surface area contributed by atoms with Crippen molar-refractivity contribution in [3.8, 4) is 0 Å². The summed E-state index contributed by atoms with van der Waals surface area (Å²) in [6, 6.07) is 0. The molecule has 1 atom stereocenters. The molecule has 66 valence electrons. The Bertz CT molecular complexity index is 243. The van der Waals surface area contributed by atoms with Crippen molar-refractivity contribution in [2.24, 2.45) is 0 Å². The van der Waals surface area contributed by atoms with Gasteiger partial charge in [0, 0.05) is 25.5 Å². The van der Waals surface area contributed by atoms with Crippen molar-refractivity contribution in [2.75, 3.05) is 0 Å². The molecule has 12 heavy (non-hydrogen) atoms. The fraction of sp³-hybridized carbons (Fsp3) is 0.500. The standard InChI is InChI=1S/C8H10O4/c1-3-8(11-6(2)9)5-4-7(10)12-8/h4-5H,3H2,1-2H3. The third-order valence-corrected chi connectivity index (χ3v) is 1.56. The monoisotopic (exact) mass is 170 g/mol. The van der Waals surface area contributed by atoms with Crippen LogP contribution in [0.1, 0.15) is 20.3 Å². The van der Waals surface area contributed by atoms with Gasteiger partial charge in [0.1, 0.15) is 0 Å². The highest BCUT2D eigenvalue weighted by Gasteiger charge is 2.36. The lowest BCUT2D eigenvalue weighted by atomic mass is 10.2. The van der Waals surface area contributed by atoms with Gasteiger partial charge in [0.25, 0.3) is 5.79 Å². The Labute approximate surface area is 70.1 Å². The van der Waals surface area contributed by atoms with Crippen LogP contribution in [0, 0.1) is 0 Å². The average molecular weight is 170 g/mol. The van der Waals surface area contributed by atoms with Crippen LogP contribution in [0.3, 0.4) is 0 Å². The fourth-order valence-corrected chi connectivity index (χ4v) is 0.994. The molecule has 0 aromatic carbocycles. The smallest absolute Gasteiger partial charge is 0.334 e. The van der Waals surface area contributed by atoms with Gasteiger partial charge in [-0.2, -0.15) is 0 Å². The van der Waals surface area contributed by atoms with Crippen molar-refractivity contribution < 1.29 is 19.1 Å². The molecule has 1 aliphatic heterocycles. The Morgan fingerprint density at radius 1 is 1.75 bits per heavy atom. The molecule has 0 aliphatic carbocycles. The molecule has 0 aromatic rings. The molecule has 0 N–H and O–H groups in total. The number of ether oxygens (including phenoxy) is 2. The van der Waals surface area contributed by atoms with Crippen molar-refractivity contribution in [3.05, 3.63) is 12.2 Å². The van der Waals surface area contributed by atoms with E-state index in [-0.39, 0.29) is 0 Å². The van der Waals surface area contributed by atoms with E-state index >= 15 is 0 Å². The maximum absolute atomic E-state index is 10.7. The zero-order valence-electron chi connectivity index (χ0n) is 6.99. The van der Waals surface area contributed by atoms with Crippen molar-refractivity contribution >= 4 is 11.9 Å². The zero-order valence-corrected chi connectivity index (χ0v) is 6.99. The van der Waals surface area contributed by atoms with Crippen LogP contribution >= 0.6 is 0 Å². The minimum Gasteiger partial charge on any atom is -0.419 e. The molecule has 0 spiro atoms. The van der Waals surface area contributed by atoms with Gasteiger partial charge < -0.3 is 9.47 Å². The molecule has 1 heterocycles. The zero-order chi connectivity index (χ0) is 9.19. The molecule has 0 fully saturated rings. The van der Waals surface area contributed by atoms with E-state index in [0.717, 1.165) is 0 Å². The first-order chi connectivity index (χ1) is 5.58. The SMILES string of the molecule is CCC1(OC(C)=O)C=CC(=O)O1. The van der Waals surface area contributed by atoms with E-state index < -0.39 is 17.7 Å². The Hall–Kier alpha value is -1.32. The van der Waals surface area contributed by atoms with E-state index in [0.29, 0.717) is 6.42 Å². The molecule has 0 saturated heterocycles. The highest BCUT2D eigenvalue weighted by molar-refractivity contribution is 5.85. The molecule has 1 aliphatic rings. The Morgan fingerprint density at radius 3 is 2.75 bits per heavy atom. The number of hydrogen-bond donors (Lipinski definition) is 0. The molecule has 1 rings (SSSR count). The summed E-state index contributed by atoms with van der Waals surface area (Å²) in [5.41, 5.74) is 0. The molecule has 0 aromatic heterocycles. The van der Waals surface area contributed by atoms with Gasteiger partial charge in [0.15, 0.2) is 0 Å². The van der Waals surface area contributed by atoms with Crippen LogP contribution in [0.2, 0.25) is 0 Å². The quantitative estimate of drug-likeness (QED) is 0.574. The highest BCUT2D eigenvalue weighted by atomic mass is 16.7. The van der Waals surface area contributed by atoms with E-state index in [2.05, 4.69) is 0 Å². The molecule has 4 heteroatoms. The average Bonchev–Trinajstić information content (AvgIpc) is 2.32. The van der Waals surface area contributed by atoms with Crippen molar-refractivity contribution in [1.29, 1.82) is 0 Å². The first kappa shape index (κ1) is 8.77. The molecule has 0 bridgehead atoms. The van der Waals surface area contributed by atoms with Crippen molar-refractivity contribution in [2.45, 2.75) is 26.1 Å². The molecular formula is C8H10O4. The number of hydrogen-bond acceptors (Lipinski definition) is 4. The Balaban J connectivity index is 2.72. The number of carbonyl (C=O) groups is 2. The second-order valence-electron chi connectivity index (χ2n) is 2.51. The van der Waals surface area contributed by atoms with Gasteiger partial charge in [-0.25, -0.2) is 4.79 Å². The largest absolute Gasteiger partial charge is 0.419 e. The maximum Gasteiger partial charge on any atom is 0.334 e. The number of cyclic esters (lactones) is 1. The lowest BCUT2D eigenvalue weighted by Gasteiger charge is -2.23. The van der Waals surface area contributed by atoms with Gasteiger partial charge in [-0.15, -0.1) is 0 Å². The summed E-state index contributed by atoms with van der Waals surface area (Å²) in [5.74, 6) is -2.09. The van der Waals surface area contributed by atoms with Crippen LogP contribution in [0.15, 0.2) is 12.2 Å². The summed E-state index contributed by atoms with van der Waals surface area (Å²) in [5, 5.41) is 0. The van der Waals surface area contributed by atoms with E-state index in [1.165, 1.54) is 19.1 Å². The van der Waals surface area contributed by atoms with Gasteiger partial charge in [0.2, 0.25) is 0 Å². The fourth-order valence-electron chi connectivity index (χ4n) is 0.994. The number of esters is 2. The molecule has 0 radical (unpaired) electrons. The van der Waals surface area contributed by atoms with Gasteiger partial charge in [-0.3, -0.25) is 4.79 Å². The topological polar surface area (TPSA) is 52.6 Å². The number of rotatable bonds is 2. The van der Waals surface area contributed by atoms with Crippen LogP contribution < -0.4 is 0 Å². The van der Waals surface area contributed by atoms with E-state index in [1.54, 1.807) is 6.92 Å². The molecule has 0 amide bonds. The van der Waals surface area contributed by atoms with E-state index in [4.69, 9.17) is 9.47 Å². The Kier molecular flexibility index (Phi) is 2.17. The predicted octanol–water partition coefficient (Wildman–Crippen LogP) is 0.769. The molecular weight excluding hydrogens is 160 g/mol. The lowest BCUT2D eigenvalue weighted by Crippen LogP contribution is -2.32. The van der Waals surface area contributed by atoms with Gasteiger partial charge in [-0.1, -0.05) is 6.92 Å². The van der Waals surface area contributed by atoms with Crippen LogP contribution in [0.25, 0.3) is 0 Å². The van der Waals surface area contributed by atoms with E-state index in [9.17, 15) is 9.59 Å². The molecule has 1 unspecified atom stereocenters. The normalized spacial score (nSPS) is 27.0.